The van der Waals surface area contributed by atoms with Gasteiger partial charge in [0.25, 0.3) is 5.91 Å². The first-order chi connectivity index (χ1) is 21.9. The second kappa shape index (κ2) is 13.0. The van der Waals surface area contributed by atoms with Crippen molar-refractivity contribution in [3.63, 3.8) is 0 Å². The predicted octanol–water partition coefficient (Wildman–Crippen LogP) is 5.55. The summed E-state index contributed by atoms with van der Waals surface area (Å²) in [5.74, 6) is 2.05. The number of hydrogen-bond acceptors (Lipinski definition) is 8. The zero-order chi connectivity index (χ0) is 31.3. The molecule has 3 aromatic carbocycles. The lowest BCUT2D eigenvalue weighted by Crippen LogP contribution is -2.37. The Morgan fingerprint density at radius 2 is 1.53 bits per heavy atom. The number of carbonyl (C=O) groups excluding carboxylic acids is 2. The molecule has 228 valence electrons. The summed E-state index contributed by atoms with van der Waals surface area (Å²) in [6.07, 6.45) is 3.49. The van der Waals surface area contributed by atoms with E-state index in [9.17, 15) is 9.59 Å². The van der Waals surface area contributed by atoms with Gasteiger partial charge in [0.15, 0.2) is 5.82 Å². The minimum Gasteiger partial charge on any atom is -0.496 e. The first-order valence-corrected chi connectivity index (χ1v) is 14.5. The number of ether oxygens (including phenoxy) is 2. The van der Waals surface area contributed by atoms with Crippen molar-refractivity contribution in [3.8, 4) is 28.3 Å². The Labute approximate surface area is 260 Å². The third-order valence-electron chi connectivity index (χ3n) is 7.50. The lowest BCUT2D eigenvalue weighted by Gasteiger charge is -2.29. The van der Waals surface area contributed by atoms with Crippen LogP contribution in [-0.2, 0) is 4.74 Å². The molecule has 2 aromatic heterocycles. The van der Waals surface area contributed by atoms with E-state index in [-0.39, 0.29) is 5.91 Å². The molecule has 0 unspecified atom stereocenters. The van der Waals surface area contributed by atoms with Gasteiger partial charge in [-0.2, -0.15) is 0 Å². The molecule has 1 aliphatic heterocycles. The van der Waals surface area contributed by atoms with E-state index in [1.54, 1.807) is 57.9 Å². The first-order valence-electron chi connectivity index (χ1n) is 14.5. The van der Waals surface area contributed by atoms with E-state index in [0.717, 1.165) is 52.3 Å². The number of fused-ring (bicyclic) bond motifs is 1. The van der Waals surface area contributed by atoms with Crippen LogP contribution in [0.1, 0.15) is 10.4 Å². The first kappa shape index (κ1) is 29.5. The highest BCUT2D eigenvalue weighted by molar-refractivity contribution is 6.01. The Hall–Kier alpha value is -5.55. The SMILES string of the molecule is COc1ccncc1-c1ccc2c(N3CCOCC3)nc(-c3ccc(NC(=O)Nc4ccc(C(=O)N(C)C)cc4)cc3)nc2c1. The third-order valence-corrected chi connectivity index (χ3v) is 7.50. The van der Waals surface area contributed by atoms with E-state index in [2.05, 4.69) is 20.5 Å². The van der Waals surface area contributed by atoms with Crippen LogP contribution in [0.5, 0.6) is 5.75 Å². The smallest absolute Gasteiger partial charge is 0.323 e. The highest BCUT2D eigenvalue weighted by atomic mass is 16.5. The largest absolute Gasteiger partial charge is 0.496 e. The molecule has 0 aliphatic carbocycles. The van der Waals surface area contributed by atoms with Crippen LogP contribution in [0, 0.1) is 0 Å². The number of nitrogens with zero attached hydrogens (tertiary/aromatic N) is 5. The Kier molecular flexibility index (Phi) is 8.52. The molecule has 11 heteroatoms. The third kappa shape index (κ3) is 6.53. The van der Waals surface area contributed by atoms with Crippen LogP contribution >= 0.6 is 0 Å². The summed E-state index contributed by atoms with van der Waals surface area (Å²) in [7, 11) is 5.03. The number of anilines is 3. The molecule has 3 amide bonds. The van der Waals surface area contributed by atoms with Gasteiger partial charge in [0, 0.05) is 73.0 Å². The fraction of sp³-hybridized carbons (Fsp3) is 0.206. The summed E-state index contributed by atoms with van der Waals surface area (Å²) in [5, 5.41) is 6.59. The van der Waals surface area contributed by atoms with Gasteiger partial charge in [-0.3, -0.25) is 9.78 Å². The number of urea groups is 1. The number of benzene rings is 3. The topological polar surface area (TPSA) is 122 Å². The number of nitrogens with one attached hydrogen (secondary N) is 2. The van der Waals surface area contributed by atoms with Crippen molar-refractivity contribution in [2.45, 2.75) is 0 Å². The van der Waals surface area contributed by atoms with E-state index in [1.807, 2.05) is 48.5 Å². The minimum absolute atomic E-state index is 0.104. The van der Waals surface area contributed by atoms with Gasteiger partial charge in [-0.25, -0.2) is 14.8 Å². The van der Waals surface area contributed by atoms with Crippen molar-refractivity contribution in [2.24, 2.45) is 0 Å². The zero-order valence-electron chi connectivity index (χ0n) is 25.3. The van der Waals surface area contributed by atoms with E-state index in [4.69, 9.17) is 19.4 Å². The lowest BCUT2D eigenvalue weighted by atomic mass is 10.0. The number of rotatable bonds is 7. The normalized spacial score (nSPS) is 12.9. The van der Waals surface area contributed by atoms with E-state index >= 15 is 0 Å². The number of methoxy groups -OCH3 is 1. The van der Waals surface area contributed by atoms with Crippen molar-refractivity contribution in [2.75, 3.05) is 63.0 Å². The van der Waals surface area contributed by atoms with Gasteiger partial charge in [-0.1, -0.05) is 6.07 Å². The van der Waals surface area contributed by atoms with E-state index in [1.165, 1.54) is 4.90 Å². The number of hydrogen-bond donors (Lipinski definition) is 2. The van der Waals surface area contributed by atoms with Crippen molar-refractivity contribution in [1.29, 1.82) is 0 Å². The van der Waals surface area contributed by atoms with Crippen molar-refractivity contribution in [1.82, 2.24) is 19.9 Å². The molecule has 0 radical (unpaired) electrons. The average Bonchev–Trinajstić information content (AvgIpc) is 3.08. The molecule has 0 bridgehead atoms. The fourth-order valence-electron chi connectivity index (χ4n) is 5.15. The molecule has 0 atom stereocenters. The number of amides is 3. The van der Waals surface area contributed by atoms with Crippen molar-refractivity contribution in [3.05, 3.63) is 90.8 Å². The molecule has 6 rings (SSSR count). The number of carbonyl (C=O) groups is 2. The Balaban J connectivity index is 1.25. The molecule has 1 fully saturated rings. The minimum atomic E-state index is -0.399. The molecule has 5 aromatic rings. The van der Waals surface area contributed by atoms with Gasteiger partial charge in [-0.15, -0.1) is 0 Å². The summed E-state index contributed by atoms with van der Waals surface area (Å²) >= 11 is 0. The Bertz CT molecular complexity index is 1840. The Morgan fingerprint density at radius 3 is 2.20 bits per heavy atom. The Morgan fingerprint density at radius 1 is 0.867 bits per heavy atom. The molecule has 45 heavy (non-hydrogen) atoms. The summed E-state index contributed by atoms with van der Waals surface area (Å²) in [6.45, 7) is 2.73. The standard InChI is InChI=1S/C34H33N7O4/c1-40(2)33(42)23-6-11-26(12-7-23)37-34(43)36-25-9-4-22(5-10-25)31-38-29-20-24(28-21-35-15-14-30(28)44-3)8-13-27(29)32(39-31)41-16-18-45-19-17-41/h4-15,20-21H,16-19H2,1-3H3,(H2,36,37,43). The zero-order valence-corrected chi connectivity index (χ0v) is 25.3. The highest BCUT2D eigenvalue weighted by Gasteiger charge is 2.19. The molecule has 3 heterocycles. The van der Waals surface area contributed by atoms with Gasteiger partial charge in [0.2, 0.25) is 0 Å². The molecular weight excluding hydrogens is 570 g/mol. The van der Waals surface area contributed by atoms with Gasteiger partial charge >= 0.3 is 6.03 Å². The van der Waals surface area contributed by atoms with Gasteiger partial charge in [-0.05, 0) is 72.3 Å². The molecule has 2 N–H and O–H groups in total. The van der Waals surface area contributed by atoms with Gasteiger partial charge in [0.05, 0.1) is 25.8 Å². The average molecular weight is 604 g/mol. The quantitative estimate of drug-likeness (QED) is 0.248. The number of aromatic nitrogens is 3. The maximum atomic E-state index is 12.7. The second-order valence-corrected chi connectivity index (χ2v) is 10.7. The van der Waals surface area contributed by atoms with Crippen LogP contribution < -0.4 is 20.3 Å². The van der Waals surface area contributed by atoms with E-state index < -0.39 is 6.03 Å². The second-order valence-electron chi connectivity index (χ2n) is 10.7. The number of pyridine rings is 1. The van der Waals surface area contributed by atoms with Crippen molar-refractivity contribution < 1.29 is 19.1 Å². The van der Waals surface area contributed by atoms with Gasteiger partial charge in [0.1, 0.15) is 11.6 Å². The molecule has 11 nitrogen and oxygen atoms in total. The maximum Gasteiger partial charge on any atom is 0.323 e. The fourth-order valence-corrected chi connectivity index (χ4v) is 5.15. The van der Waals surface area contributed by atoms with E-state index in [0.29, 0.717) is 36.0 Å². The highest BCUT2D eigenvalue weighted by Crippen LogP contribution is 2.34. The van der Waals surface area contributed by atoms with Crippen LogP contribution in [0.2, 0.25) is 0 Å². The van der Waals surface area contributed by atoms with Crippen molar-refractivity contribution >= 4 is 40.0 Å². The molecule has 0 spiro atoms. The van der Waals surface area contributed by atoms with Crippen LogP contribution in [0.25, 0.3) is 33.4 Å². The van der Waals surface area contributed by atoms with Crippen LogP contribution in [0.3, 0.4) is 0 Å². The van der Waals surface area contributed by atoms with Gasteiger partial charge < -0.3 is 29.9 Å². The van der Waals surface area contributed by atoms with Crippen LogP contribution in [0.4, 0.5) is 22.0 Å². The molecule has 1 saturated heterocycles. The monoisotopic (exact) mass is 603 g/mol. The summed E-state index contributed by atoms with van der Waals surface area (Å²) in [6, 6.07) is 21.7. The summed E-state index contributed by atoms with van der Waals surface area (Å²) in [5.41, 5.74) is 5.14. The summed E-state index contributed by atoms with van der Waals surface area (Å²) < 4.78 is 11.2. The van der Waals surface area contributed by atoms with Crippen LogP contribution in [0.15, 0.2) is 85.2 Å². The summed E-state index contributed by atoms with van der Waals surface area (Å²) in [4.78, 5) is 42.8. The molecule has 0 saturated carbocycles. The molecular formula is C34H33N7O4. The lowest BCUT2D eigenvalue weighted by molar-refractivity contribution is 0.0827. The van der Waals surface area contributed by atoms with Crippen LogP contribution in [-0.4, -0.2) is 79.3 Å². The predicted molar refractivity (Wildman–Crippen MR) is 175 cm³/mol. The number of morpholine rings is 1. The maximum absolute atomic E-state index is 12.7. The molecule has 1 aliphatic rings.